The van der Waals surface area contributed by atoms with E-state index in [0.717, 1.165) is 16.6 Å². The molecule has 2 N–H and O–H groups in total. The number of amides is 1. The lowest BCUT2D eigenvalue weighted by Gasteiger charge is -2.15. The van der Waals surface area contributed by atoms with Gasteiger partial charge < -0.3 is 24.5 Å². The minimum absolute atomic E-state index is 0.314. The van der Waals surface area contributed by atoms with Gasteiger partial charge >= 0.3 is 5.97 Å². The minimum Gasteiger partial charge on any atom is -0.497 e. The number of carbonyl (C=O) groups excluding carboxylic acids is 2. The monoisotopic (exact) mass is 459 g/mol. The maximum absolute atomic E-state index is 12.7. The zero-order chi connectivity index (χ0) is 24.2. The Morgan fingerprint density at radius 3 is 2.26 bits per heavy atom. The highest BCUT2D eigenvalue weighted by atomic mass is 16.5. The lowest BCUT2D eigenvalue weighted by Crippen LogP contribution is -2.30. The van der Waals surface area contributed by atoms with Gasteiger partial charge in [-0.3, -0.25) is 4.79 Å². The Balaban J connectivity index is 1.45. The molecule has 0 aliphatic rings. The molecule has 0 aliphatic heterocycles. The van der Waals surface area contributed by atoms with Gasteiger partial charge in [0, 0.05) is 29.4 Å². The molecule has 34 heavy (non-hydrogen) atoms. The number of nitrogens with zero attached hydrogens (tertiary/aromatic N) is 1. The molecule has 0 radical (unpaired) electrons. The van der Waals surface area contributed by atoms with Crippen molar-refractivity contribution in [3.05, 3.63) is 71.8 Å². The third-order valence-electron chi connectivity index (χ3n) is 5.31. The summed E-state index contributed by atoms with van der Waals surface area (Å²) >= 11 is 0. The second-order valence-corrected chi connectivity index (χ2v) is 7.82. The van der Waals surface area contributed by atoms with Crippen molar-refractivity contribution in [2.45, 2.75) is 20.0 Å². The number of rotatable bonds is 7. The first-order valence-corrected chi connectivity index (χ1v) is 10.7. The number of aromatic amines is 1. The van der Waals surface area contributed by atoms with Gasteiger partial charge in [0.2, 0.25) is 0 Å². The quantitative estimate of drug-likeness (QED) is 0.387. The topological polar surface area (TPSA) is 103 Å². The highest BCUT2D eigenvalue weighted by Crippen LogP contribution is 2.26. The van der Waals surface area contributed by atoms with Crippen LogP contribution < -0.4 is 14.8 Å². The molecule has 0 bridgehead atoms. The lowest BCUT2D eigenvalue weighted by molar-refractivity contribution is -0.123. The number of hydrogen-bond donors (Lipinski definition) is 2. The van der Waals surface area contributed by atoms with E-state index >= 15 is 0 Å². The Bertz CT molecular complexity index is 1320. The van der Waals surface area contributed by atoms with Crippen LogP contribution in [0.15, 0.2) is 60.7 Å². The molecule has 1 atom stereocenters. The number of anilines is 1. The lowest BCUT2D eigenvalue weighted by atomic mass is 10.1. The molecule has 0 saturated heterocycles. The van der Waals surface area contributed by atoms with E-state index in [2.05, 4.69) is 15.3 Å². The molecule has 1 unspecified atom stereocenters. The molecular weight excluding hydrogens is 434 g/mol. The molecule has 3 aromatic carbocycles. The summed E-state index contributed by atoms with van der Waals surface area (Å²) in [6.07, 6.45) is -1.02. The number of hydrogen-bond acceptors (Lipinski definition) is 6. The van der Waals surface area contributed by atoms with Crippen LogP contribution in [0.4, 0.5) is 5.69 Å². The van der Waals surface area contributed by atoms with E-state index in [-0.39, 0.29) is 0 Å². The maximum Gasteiger partial charge on any atom is 0.338 e. The highest BCUT2D eigenvalue weighted by Gasteiger charge is 2.20. The van der Waals surface area contributed by atoms with Crippen LogP contribution in [0, 0.1) is 6.92 Å². The van der Waals surface area contributed by atoms with Gasteiger partial charge in [-0.1, -0.05) is 29.8 Å². The van der Waals surface area contributed by atoms with Gasteiger partial charge in [0.15, 0.2) is 6.10 Å². The van der Waals surface area contributed by atoms with Crippen LogP contribution in [0.3, 0.4) is 0 Å². The van der Waals surface area contributed by atoms with Crippen molar-refractivity contribution in [1.82, 2.24) is 9.97 Å². The first kappa shape index (κ1) is 22.8. The van der Waals surface area contributed by atoms with Gasteiger partial charge in [-0.2, -0.15) is 0 Å². The summed E-state index contributed by atoms with van der Waals surface area (Å²) in [5.74, 6) is 0.670. The molecule has 8 heteroatoms. The summed E-state index contributed by atoms with van der Waals surface area (Å²) in [6.45, 7) is 3.53. The third-order valence-corrected chi connectivity index (χ3v) is 5.31. The minimum atomic E-state index is -1.02. The van der Waals surface area contributed by atoms with E-state index in [9.17, 15) is 9.59 Å². The summed E-state index contributed by atoms with van der Waals surface area (Å²) in [5.41, 5.74) is 4.32. The predicted octanol–water partition coefficient (Wildman–Crippen LogP) is 4.74. The second kappa shape index (κ2) is 9.66. The maximum atomic E-state index is 12.7. The SMILES string of the molecule is COc1cc(NC(=O)C(C)OC(=O)c2ccc3nc(-c4ccc(C)cc4)[nH]c3c2)cc(OC)c1. The van der Waals surface area contributed by atoms with E-state index in [4.69, 9.17) is 14.2 Å². The van der Waals surface area contributed by atoms with Crippen LogP contribution in [0.2, 0.25) is 0 Å². The van der Waals surface area contributed by atoms with E-state index in [1.54, 1.807) is 36.4 Å². The number of carbonyl (C=O) groups is 2. The fraction of sp³-hybridized carbons (Fsp3) is 0.192. The first-order valence-electron chi connectivity index (χ1n) is 10.7. The van der Waals surface area contributed by atoms with Gasteiger partial charge in [-0.25, -0.2) is 9.78 Å². The summed E-state index contributed by atoms with van der Waals surface area (Å²) in [7, 11) is 3.04. The number of imidazole rings is 1. The largest absolute Gasteiger partial charge is 0.497 e. The van der Waals surface area contributed by atoms with Crippen molar-refractivity contribution < 1.29 is 23.8 Å². The van der Waals surface area contributed by atoms with Gasteiger partial charge in [0.05, 0.1) is 30.8 Å². The van der Waals surface area contributed by atoms with Gasteiger partial charge in [0.1, 0.15) is 17.3 Å². The number of esters is 1. The first-order chi connectivity index (χ1) is 16.4. The summed E-state index contributed by atoms with van der Waals surface area (Å²) in [6, 6.07) is 18.0. The van der Waals surface area contributed by atoms with Gasteiger partial charge in [-0.15, -0.1) is 0 Å². The summed E-state index contributed by atoms with van der Waals surface area (Å²) in [4.78, 5) is 33.1. The average molecular weight is 460 g/mol. The number of ether oxygens (including phenoxy) is 3. The molecule has 0 aliphatic carbocycles. The van der Waals surface area contributed by atoms with Crippen molar-refractivity contribution >= 4 is 28.6 Å². The van der Waals surface area contributed by atoms with Crippen LogP contribution in [0.25, 0.3) is 22.4 Å². The Hall–Kier alpha value is -4.33. The van der Waals surface area contributed by atoms with Crippen LogP contribution in [-0.2, 0) is 9.53 Å². The number of fused-ring (bicyclic) bond motifs is 1. The van der Waals surface area contributed by atoms with Crippen molar-refractivity contribution in [2.75, 3.05) is 19.5 Å². The average Bonchev–Trinajstić information content (AvgIpc) is 3.27. The Labute approximate surface area is 196 Å². The number of aryl methyl sites for hydroxylation is 1. The molecule has 0 fully saturated rings. The summed E-state index contributed by atoms with van der Waals surface area (Å²) in [5, 5.41) is 2.71. The zero-order valence-corrected chi connectivity index (χ0v) is 19.3. The van der Waals surface area contributed by atoms with E-state index in [1.165, 1.54) is 21.1 Å². The van der Waals surface area contributed by atoms with Crippen LogP contribution in [0.5, 0.6) is 11.5 Å². The zero-order valence-electron chi connectivity index (χ0n) is 19.3. The second-order valence-electron chi connectivity index (χ2n) is 7.82. The Morgan fingerprint density at radius 2 is 1.62 bits per heavy atom. The van der Waals surface area contributed by atoms with Crippen LogP contribution in [-0.4, -0.2) is 42.2 Å². The molecular formula is C26H25N3O5. The van der Waals surface area contributed by atoms with E-state index in [0.29, 0.717) is 34.1 Å². The third kappa shape index (κ3) is 5.01. The van der Waals surface area contributed by atoms with E-state index < -0.39 is 18.0 Å². The standard InChI is InChI=1S/C26H25N3O5/c1-15-5-7-17(8-6-15)24-28-22-10-9-18(11-23(22)29-24)26(31)34-16(2)25(30)27-19-12-20(32-3)14-21(13-19)33-4/h5-14,16H,1-4H3,(H,27,30)(H,28,29). The van der Waals surface area contributed by atoms with Crippen molar-refractivity contribution in [2.24, 2.45) is 0 Å². The molecule has 1 heterocycles. The molecule has 8 nitrogen and oxygen atoms in total. The number of nitrogens with one attached hydrogen (secondary N) is 2. The van der Waals surface area contributed by atoms with E-state index in [1.807, 2.05) is 31.2 Å². The molecule has 1 amide bonds. The predicted molar refractivity (Wildman–Crippen MR) is 129 cm³/mol. The van der Waals surface area contributed by atoms with Gasteiger partial charge in [0.25, 0.3) is 5.91 Å². The number of benzene rings is 3. The molecule has 4 aromatic rings. The Kier molecular flexibility index (Phi) is 6.49. The smallest absolute Gasteiger partial charge is 0.338 e. The van der Waals surface area contributed by atoms with Crippen molar-refractivity contribution in [1.29, 1.82) is 0 Å². The van der Waals surface area contributed by atoms with Gasteiger partial charge in [-0.05, 0) is 32.0 Å². The normalized spacial score (nSPS) is 11.6. The molecule has 0 spiro atoms. The van der Waals surface area contributed by atoms with Crippen LogP contribution >= 0.6 is 0 Å². The fourth-order valence-corrected chi connectivity index (χ4v) is 3.39. The number of methoxy groups -OCH3 is 2. The number of H-pyrrole nitrogens is 1. The molecule has 4 rings (SSSR count). The fourth-order valence-electron chi connectivity index (χ4n) is 3.39. The summed E-state index contributed by atoms with van der Waals surface area (Å²) < 4.78 is 15.8. The highest BCUT2D eigenvalue weighted by molar-refractivity contribution is 5.99. The number of aromatic nitrogens is 2. The van der Waals surface area contributed by atoms with Crippen LogP contribution in [0.1, 0.15) is 22.8 Å². The van der Waals surface area contributed by atoms with Crippen molar-refractivity contribution in [3.8, 4) is 22.9 Å². The molecule has 174 valence electrons. The molecule has 1 aromatic heterocycles. The van der Waals surface area contributed by atoms with Crippen molar-refractivity contribution in [3.63, 3.8) is 0 Å². The Morgan fingerprint density at radius 1 is 0.941 bits per heavy atom. The molecule has 0 saturated carbocycles.